The van der Waals surface area contributed by atoms with Gasteiger partial charge in [0.25, 0.3) is 0 Å². The Hall–Kier alpha value is -3.11. The van der Waals surface area contributed by atoms with Gasteiger partial charge in [-0.05, 0) is 47.8 Å². The summed E-state index contributed by atoms with van der Waals surface area (Å²) in [6, 6.07) is 13.0. The summed E-state index contributed by atoms with van der Waals surface area (Å²) in [6.07, 6.45) is 1.56. The van der Waals surface area contributed by atoms with Gasteiger partial charge in [-0.3, -0.25) is 14.6 Å². The molecule has 3 aromatic rings. The van der Waals surface area contributed by atoms with Crippen LogP contribution in [-0.4, -0.2) is 31.8 Å². The second-order valence-corrected chi connectivity index (χ2v) is 9.33. The quantitative estimate of drug-likeness (QED) is 0.427. The molecule has 0 saturated heterocycles. The van der Waals surface area contributed by atoms with Gasteiger partial charge in [-0.2, -0.15) is 0 Å². The van der Waals surface area contributed by atoms with E-state index in [1.165, 1.54) is 23.5 Å². The Morgan fingerprint density at radius 3 is 2.37 bits per heavy atom. The molecule has 2 amide bonds. The predicted molar refractivity (Wildman–Crippen MR) is 110 cm³/mol. The van der Waals surface area contributed by atoms with Gasteiger partial charge in [0, 0.05) is 17.6 Å². The van der Waals surface area contributed by atoms with Crippen LogP contribution in [0.4, 0.5) is 4.39 Å². The molecule has 0 unspecified atom stereocenters. The Morgan fingerprint density at radius 1 is 1.00 bits per heavy atom. The number of carbonyl (C=O) groups excluding carboxylic acids is 2. The zero-order valence-corrected chi connectivity index (χ0v) is 17.3. The number of sulfone groups is 1. The minimum atomic E-state index is -3.93. The summed E-state index contributed by atoms with van der Waals surface area (Å²) in [6.45, 7) is -0.245. The third-order valence-corrected chi connectivity index (χ3v) is 7.42. The van der Waals surface area contributed by atoms with Gasteiger partial charge in [-0.1, -0.05) is 12.1 Å². The fourth-order valence-electron chi connectivity index (χ4n) is 2.65. The standard InChI is InChI=1S/C20H18FN3O4S2/c21-14-6-8-16(9-7-14)30(27,28)18(17-5-3-11-29-17)13-24-20(26)19(25)23-12-15-4-1-2-10-22-15/h1-11,18H,12-13H2,(H,23,25)(H,24,26)/t18-/m1/s1. The maximum absolute atomic E-state index is 13.2. The minimum Gasteiger partial charge on any atom is -0.346 e. The number of hydrogen-bond donors (Lipinski definition) is 2. The second-order valence-electron chi connectivity index (χ2n) is 6.22. The van der Waals surface area contributed by atoms with Crippen LogP contribution >= 0.6 is 11.3 Å². The van der Waals surface area contributed by atoms with Gasteiger partial charge in [0.05, 0.1) is 17.1 Å². The van der Waals surface area contributed by atoms with Crippen molar-refractivity contribution >= 4 is 33.0 Å². The lowest BCUT2D eigenvalue weighted by Crippen LogP contribution is -2.42. The normalized spacial score (nSPS) is 12.2. The molecule has 0 fully saturated rings. The first-order chi connectivity index (χ1) is 14.4. The largest absolute Gasteiger partial charge is 0.346 e. The number of carbonyl (C=O) groups is 2. The van der Waals surface area contributed by atoms with Gasteiger partial charge >= 0.3 is 11.8 Å². The maximum Gasteiger partial charge on any atom is 0.309 e. The summed E-state index contributed by atoms with van der Waals surface area (Å²) < 4.78 is 39.3. The second kappa shape index (κ2) is 9.59. The average molecular weight is 448 g/mol. The summed E-state index contributed by atoms with van der Waals surface area (Å²) in [5, 5.41) is 5.41. The van der Waals surface area contributed by atoms with Crippen molar-refractivity contribution in [2.24, 2.45) is 0 Å². The van der Waals surface area contributed by atoms with Crippen molar-refractivity contribution in [2.75, 3.05) is 6.54 Å². The number of pyridine rings is 1. The third kappa shape index (κ3) is 5.28. The Labute approximate surface area is 176 Å². The van der Waals surface area contributed by atoms with E-state index in [1.54, 1.807) is 41.9 Å². The SMILES string of the molecule is O=C(NCc1ccccn1)C(=O)NC[C@H](c1cccs1)S(=O)(=O)c1ccc(F)cc1. The number of hydrogen-bond acceptors (Lipinski definition) is 6. The van der Waals surface area contributed by atoms with E-state index in [4.69, 9.17) is 0 Å². The first kappa shape index (κ1) is 21.6. The molecule has 2 aromatic heterocycles. The average Bonchev–Trinajstić information content (AvgIpc) is 3.27. The van der Waals surface area contributed by atoms with E-state index in [1.807, 2.05) is 0 Å². The summed E-state index contributed by atoms with van der Waals surface area (Å²) in [7, 11) is -3.93. The summed E-state index contributed by atoms with van der Waals surface area (Å²) in [5.74, 6) is -2.41. The molecule has 0 aliphatic carbocycles. The predicted octanol–water partition coefficient (Wildman–Crippen LogP) is 2.23. The molecule has 3 rings (SSSR count). The van der Waals surface area contributed by atoms with Crippen LogP contribution in [0.25, 0.3) is 0 Å². The van der Waals surface area contributed by atoms with Crippen LogP contribution in [0.5, 0.6) is 0 Å². The summed E-state index contributed by atoms with van der Waals surface area (Å²) >= 11 is 1.21. The lowest BCUT2D eigenvalue weighted by molar-refractivity contribution is -0.139. The molecule has 7 nitrogen and oxygen atoms in total. The van der Waals surface area contributed by atoms with Crippen LogP contribution in [0.2, 0.25) is 0 Å². The number of nitrogens with one attached hydrogen (secondary N) is 2. The smallest absolute Gasteiger partial charge is 0.309 e. The van der Waals surface area contributed by atoms with E-state index >= 15 is 0 Å². The highest BCUT2D eigenvalue weighted by Gasteiger charge is 2.31. The fraction of sp³-hybridized carbons (Fsp3) is 0.150. The molecule has 156 valence electrons. The zero-order chi connectivity index (χ0) is 21.6. The molecule has 1 atom stereocenters. The van der Waals surface area contributed by atoms with Crippen molar-refractivity contribution in [3.8, 4) is 0 Å². The van der Waals surface area contributed by atoms with Crippen molar-refractivity contribution in [3.05, 3.63) is 82.6 Å². The Balaban J connectivity index is 1.69. The molecule has 0 saturated carbocycles. The Morgan fingerprint density at radius 2 is 1.73 bits per heavy atom. The monoisotopic (exact) mass is 447 g/mol. The van der Waals surface area contributed by atoms with Gasteiger partial charge in [0.15, 0.2) is 9.84 Å². The minimum absolute atomic E-state index is 0.0648. The van der Waals surface area contributed by atoms with Crippen molar-refractivity contribution < 1.29 is 22.4 Å². The van der Waals surface area contributed by atoms with Crippen LogP contribution in [0.3, 0.4) is 0 Å². The van der Waals surface area contributed by atoms with E-state index in [9.17, 15) is 22.4 Å². The molecular formula is C20H18FN3O4S2. The van der Waals surface area contributed by atoms with Crippen LogP contribution < -0.4 is 10.6 Å². The van der Waals surface area contributed by atoms with Crippen LogP contribution in [0, 0.1) is 5.82 Å². The molecule has 0 aliphatic heterocycles. The van der Waals surface area contributed by atoms with E-state index in [0.717, 1.165) is 12.1 Å². The van der Waals surface area contributed by atoms with Gasteiger partial charge in [-0.25, -0.2) is 12.8 Å². The lowest BCUT2D eigenvalue weighted by atomic mass is 10.3. The molecule has 0 aliphatic rings. The maximum atomic E-state index is 13.2. The molecule has 0 bridgehead atoms. The third-order valence-electron chi connectivity index (χ3n) is 4.19. The number of aromatic nitrogens is 1. The highest BCUT2D eigenvalue weighted by Crippen LogP contribution is 2.31. The van der Waals surface area contributed by atoms with Gasteiger partial charge in [0.1, 0.15) is 11.1 Å². The highest BCUT2D eigenvalue weighted by molar-refractivity contribution is 7.91. The number of halogens is 1. The molecular weight excluding hydrogens is 429 g/mol. The summed E-state index contributed by atoms with van der Waals surface area (Å²) in [5.41, 5.74) is 0.578. The lowest BCUT2D eigenvalue weighted by Gasteiger charge is -2.17. The molecule has 0 radical (unpaired) electrons. The van der Waals surface area contributed by atoms with Crippen LogP contribution in [0.15, 0.2) is 71.1 Å². The first-order valence-electron chi connectivity index (χ1n) is 8.86. The number of rotatable bonds is 7. The summed E-state index contributed by atoms with van der Waals surface area (Å²) in [4.78, 5) is 28.7. The molecule has 10 heteroatoms. The van der Waals surface area contributed by atoms with Crippen molar-refractivity contribution in [3.63, 3.8) is 0 Å². The number of nitrogens with zero attached hydrogens (tertiary/aromatic N) is 1. The molecule has 30 heavy (non-hydrogen) atoms. The topological polar surface area (TPSA) is 105 Å². The van der Waals surface area contributed by atoms with Crippen molar-refractivity contribution in [2.45, 2.75) is 16.7 Å². The van der Waals surface area contributed by atoms with Gasteiger partial charge < -0.3 is 10.6 Å². The molecule has 2 N–H and O–H groups in total. The van der Waals surface area contributed by atoms with Crippen molar-refractivity contribution in [1.29, 1.82) is 0 Å². The molecule has 2 heterocycles. The van der Waals surface area contributed by atoms with Gasteiger partial charge in [-0.15, -0.1) is 11.3 Å². The first-order valence-corrected chi connectivity index (χ1v) is 11.3. The fourth-order valence-corrected chi connectivity index (χ4v) is 5.43. The van der Waals surface area contributed by atoms with Crippen LogP contribution in [-0.2, 0) is 26.0 Å². The Kier molecular flexibility index (Phi) is 6.91. The highest BCUT2D eigenvalue weighted by atomic mass is 32.2. The van der Waals surface area contributed by atoms with Crippen molar-refractivity contribution in [1.82, 2.24) is 15.6 Å². The van der Waals surface area contributed by atoms with Crippen LogP contribution in [0.1, 0.15) is 15.8 Å². The molecule has 1 aromatic carbocycles. The van der Waals surface area contributed by atoms with E-state index < -0.39 is 32.7 Å². The van der Waals surface area contributed by atoms with E-state index in [0.29, 0.717) is 10.6 Å². The number of amides is 2. The Bertz CT molecular complexity index is 1100. The van der Waals surface area contributed by atoms with E-state index in [2.05, 4.69) is 15.6 Å². The number of benzene rings is 1. The van der Waals surface area contributed by atoms with E-state index in [-0.39, 0.29) is 18.0 Å². The number of thiophene rings is 1. The van der Waals surface area contributed by atoms with Gasteiger partial charge in [0.2, 0.25) is 0 Å². The molecule has 0 spiro atoms. The zero-order valence-electron chi connectivity index (χ0n) is 15.6.